The summed E-state index contributed by atoms with van der Waals surface area (Å²) >= 11 is 0. The van der Waals surface area contributed by atoms with Gasteiger partial charge in [0.15, 0.2) is 0 Å². The van der Waals surface area contributed by atoms with Crippen LogP contribution >= 0.6 is 0 Å². The van der Waals surface area contributed by atoms with Gasteiger partial charge in [0.25, 0.3) is 0 Å². The van der Waals surface area contributed by atoms with Gasteiger partial charge in [-0.05, 0) is 41.3 Å². The molecule has 3 heterocycles. The zero-order valence-corrected chi connectivity index (χ0v) is 16.4. The second-order valence-electron chi connectivity index (χ2n) is 8.42. The Bertz CT molecular complexity index is 1540. The van der Waals surface area contributed by atoms with Gasteiger partial charge in [-0.3, -0.25) is 0 Å². The lowest BCUT2D eigenvalue weighted by molar-refractivity contribution is 0.715. The van der Waals surface area contributed by atoms with E-state index in [-0.39, 0.29) is 0 Å². The molecule has 0 fully saturated rings. The van der Waals surface area contributed by atoms with Crippen molar-refractivity contribution >= 4 is 32.7 Å². The fraction of sp³-hybridized carbons (Fsp3) is 0.111. The maximum atomic E-state index is 3.80. The van der Waals surface area contributed by atoms with Gasteiger partial charge < -0.3 is 15.0 Å². The summed E-state index contributed by atoms with van der Waals surface area (Å²) in [5, 5.41) is 4.01. The van der Waals surface area contributed by atoms with Crippen molar-refractivity contribution in [1.29, 1.82) is 0 Å². The molecule has 1 aliphatic rings. The number of hydrogen-bond donors (Lipinski definition) is 3. The summed E-state index contributed by atoms with van der Waals surface area (Å²) in [6, 6.07) is 26.0. The molecular weight excluding hydrogens is 366 g/mol. The Morgan fingerprint density at radius 2 is 1.10 bits per heavy atom. The Hall–Kier alpha value is -3.72. The van der Waals surface area contributed by atoms with E-state index < -0.39 is 0 Å². The summed E-state index contributed by atoms with van der Waals surface area (Å²) in [5.41, 5.74) is 9.28. The van der Waals surface area contributed by atoms with Crippen LogP contribution in [0.15, 0.2) is 85.2 Å². The van der Waals surface area contributed by atoms with Crippen molar-refractivity contribution in [3.63, 3.8) is 0 Å². The fourth-order valence-electron chi connectivity index (χ4n) is 5.64. The van der Waals surface area contributed by atoms with Crippen LogP contribution in [0, 0.1) is 0 Å². The lowest BCUT2D eigenvalue weighted by Gasteiger charge is -2.13. The van der Waals surface area contributed by atoms with E-state index in [0.717, 1.165) is 6.42 Å². The summed E-state index contributed by atoms with van der Waals surface area (Å²) in [4.78, 5) is 10.8. The molecule has 0 radical (unpaired) electrons. The van der Waals surface area contributed by atoms with Gasteiger partial charge in [-0.1, -0.05) is 54.6 Å². The van der Waals surface area contributed by atoms with Crippen LogP contribution in [0.5, 0.6) is 0 Å². The molecule has 0 spiro atoms. The van der Waals surface area contributed by atoms with Gasteiger partial charge in [0.05, 0.1) is 0 Å². The van der Waals surface area contributed by atoms with E-state index in [1.54, 1.807) is 0 Å². The summed E-state index contributed by atoms with van der Waals surface area (Å²) in [6.45, 7) is 0. The van der Waals surface area contributed by atoms with Gasteiger partial charge in [0.2, 0.25) is 0 Å². The Morgan fingerprint density at radius 1 is 0.567 bits per heavy atom. The van der Waals surface area contributed by atoms with Crippen LogP contribution in [0.25, 0.3) is 32.7 Å². The van der Waals surface area contributed by atoms with E-state index >= 15 is 0 Å². The highest BCUT2D eigenvalue weighted by Crippen LogP contribution is 2.52. The van der Waals surface area contributed by atoms with Crippen molar-refractivity contribution in [2.24, 2.45) is 0 Å². The second kappa shape index (κ2) is 5.90. The number of hydrogen-bond acceptors (Lipinski definition) is 0. The molecule has 3 nitrogen and oxygen atoms in total. The first-order valence-electron chi connectivity index (χ1n) is 10.6. The molecule has 0 unspecified atom stereocenters. The molecule has 0 saturated heterocycles. The molecule has 0 amide bonds. The van der Waals surface area contributed by atoms with Crippen molar-refractivity contribution in [3.8, 4) is 0 Å². The minimum Gasteiger partial charge on any atom is -0.361 e. The third-order valence-corrected chi connectivity index (χ3v) is 6.94. The lowest BCUT2D eigenvalue weighted by Crippen LogP contribution is -1.99. The van der Waals surface area contributed by atoms with Crippen LogP contribution in [0.3, 0.4) is 0 Å². The van der Waals surface area contributed by atoms with E-state index in [9.17, 15) is 0 Å². The quantitative estimate of drug-likeness (QED) is 0.293. The highest BCUT2D eigenvalue weighted by molar-refractivity contribution is 5.91. The van der Waals surface area contributed by atoms with Crippen LogP contribution in [0.2, 0.25) is 0 Å². The van der Waals surface area contributed by atoms with Gasteiger partial charge in [0, 0.05) is 62.6 Å². The molecule has 7 rings (SSSR count). The predicted octanol–water partition coefficient (Wildman–Crippen LogP) is 6.80. The first-order chi connectivity index (χ1) is 14.9. The number of para-hydroxylation sites is 3. The van der Waals surface area contributed by atoms with E-state index in [4.69, 9.17) is 0 Å². The molecular formula is C27H21N3. The normalized spacial score (nSPS) is 18.5. The molecule has 0 aliphatic heterocycles. The van der Waals surface area contributed by atoms with Gasteiger partial charge in [-0.15, -0.1) is 0 Å². The number of aromatic nitrogens is 3. The minimum atomic E-state index is 0.349. The first kappa shape index (κ1) is 16.1. The van der Waals surface area contributed by atoms with E-state index in [1.807, 2.05) is 0 Å². The summed E-state index contributed by atoms with van der Waals surface area (Å²) in [5.74, 6) is 0.716. The number of nitrogens with one attached hydrogen (secondary N) is 3. The predicted molar refractivity (Wildman–Crippen MR) is 123 cm³/mol. The molecule has 3 heteroatoms. The molecule has 144 valence electrons. The Balaban J connectivity index is 1.49. The highest BCUT2D eigenvalue weighted by Gasteiger charge is 2.38. The number of rotatable bonds is 2. The summed E-state index contributed by atoms with van der Waals surface area (Å²) in [6.07, 6.45) is 5.51. The van der Waals surface area contributed by atoms with Crippen LogP contribution in [0.1, 0.15) is 40.6 Å². The van der Waals surface area contributed by atoms with E-state index in [0.29, 0.717) is 11.8 Å². The van der Waals surface area contributed by atoms with Gasteiger partial charge in [0.1, 0.15) is 0 Å². The molecule has 0 saturated carbocycles. The van der Waals surface area contributed by atoms with Crippen LogP contribution in [-0.2, 0) is 0 Å². The Morgan fingerprint density at radius 3 is 1.77 bits per heavy atom. The largest absolute Gasteiger partial charge is 0.361 e. The summed E-state index contributed by atoms with van der Waals surface area (Å²) in [7, 11) is 0. The van der Waals surface area contributed by atoms with Crippen LogP contribution < -0.4 is 0 Å². The molecule has 3 N–H and O–H groups in total. The first-order valence-corrected chi connectivity index (χ1v) is 10.6. The van der Waals surface area contributed by atoms with Crippen LogP contribution in [0.4, 0.5) is 0 Å². The van der Waals surface area contributed by atoms with Gasteiger partial charge >= 0.3 is 0 Å². The second-order valence-corrected chi connectivity index (χ2v) is 8.42. The van der Waals surface area contributed by atoms with Crippen LogP contribution in [-0.4, -0.2) is 15.0 Å². The Kier molecular flexibility index (Phi) is 3.17. The summed E-state index contributed by atoms with van der Waals surface area (Å²) < 4.78 is 0. The topological polar surface area (TPSA) is 47.4 Å². The molecule has 0 bridgehead atoms. The number of benzene rings is 3. The number of H-pyrrole nitrogens is 3. The zero-order chi connectivity index (χ0) is 19.7. The zero-order valence-electron chi connectivity index (χ0n) is 16.4. The van der Waals surface area contributed by atoms with Gasteiger partial charge in [-0.25, -0.2) is 0 Å². The molecule has 3 aromatic heterocycles. The molecule has 2 atom stereocenters. The molecule has 6 aromatic rings. The third-order valence-electron chi connectivity index (χ3n) is 6.94. The monoisotopic (exact) mass is 387 g/mol. The smallest absolute Gasteiger partial charge is 0.0459 e. The minimum absolute atomic E-state index is 0.349. The fourth-order valence-corrected chi connectivity index (χ4v) is 5.64. The van der Waals surface area contributed by atoms with Gasteiger partial charge in [-0.2, -0.15) is 0 Å². The van der Waals surface area contributed by atoms with Crippen molar-refractivity contribution in [3.05, 3.63) is 108 Å². The SMILES string of the molecule is c1ccc2c([C@H]3C[C@@H](c4c[nH]c5ccccc45)c4c3[nH]c3ccccc43)c[nH]c2c1. The third kappa shape index (κ3) is 2.09. The highest BCUT2D eigenvalue weighted by atomic mass is 14.8. The van der Waals surface area contributed by atoms with E-state index in [1.165, 1.54) is 55.1 Å². The molecule has 30 heavy (non-hydrogen) atoms. The number of fused-ring (bicyclic) bond motifs is 5. The lowest BCUT2D eigenvalue weighted by atomic mass is 9.89. The van der Waals surface area contributed by atoms with Crippen molar-refractivity contribution in [1.82, 2.24) is 15.0 Å². The molecule has 1 aliphatic carbocycles. The van der Waals surface area contributed by atoms with Crippen molar-refractivity contribution < 1.29 is 0 Å². The number of aromatic amines is 3. The average Bonchev–Trinajstić information content (AvgIpc) is 3.55. The Labute approximate surface area is 173 Å². The van der Waals surface area contributed by atoms with Crippen molar-refractivity contribution in [2.45, 2.75) is 18.3 Å². The average molecular weight is 387 g/mol. The maximum absolute atomic E-state index is 3.80. The van der Waals surface area contributed by atoms with Crippen molar-refractivity contribution in [2.75, 3.05) is 0 Å². The standard InChI is InChI=1S/C27H21N3/c1-4-10-23-16(7-1)21(14-28-23)19-13-20(22-15-29-24-11-5-2-8-17(22)24)27-26(19)18-9-3-6-12-25(18)30-27/h1-12,14-15,19-20,28-30H,13H2/t19-,20+/m0/s1. The maximum Gasteiger partial charge on any atom is 0.0459 e. The van der Waals surface area contributed by atoms with E-state index in [2.05, 4.69) is 100 Å². The molecule has 3 aromatic carbocycles.